The van der Waals surface area contributed by atoms with E-state index in [4.69, 9.17) is 9.72 Å². The summed E-state index contributed by atoms with van der Waals surface area (Å²) in [7, 11) is 1.65. The SMILES string of the molecule is COc1ccccc1-c1cc(C(=O)NCCC2=CCCCC2)c2ccccc2n1. The largest absolute Gasteiger partial charge is 0.496 e. The van der Waals surface area contributed by atoms with Crippen molar-refractivity contribution in [3.63, 3.8) is 0 Å². The molecule has 4 nitrogen and oxygen atoms in total. The number of nitrogens with one attached hydrogen (secondary N) is 1. The molecule has 0 unspecified atom stereocenters. The fourth-order valence-electron chi connectivity index (χ4n) is 3.92. The number of hydrogen-bond acceptors (Lipinski definition) is 3. The summed E-state index contributed by atoms with van der Waals surface area (Å²) in [6.07, 6.45) is 8.12. The molecule has 148 valence electrons. The molecule has 1 aliphatic carbocycles. The molecule has 2 aromatic carbocycles. The van der Waals surface area contributed by atoms with E-state index in [0.717, 1.165) is 40.8 Å². The minimum Gasteiger partial charge on any atom is -0.496 e. The number of fused-ring (bicyclic) bond motifs is 1. The van der Waals surface area contributed by atoms with Crippen LogP contribution in [0.1, 0.15) is 42.5 Å². The lowest BCUT2D eigenvalue weighted by molar-refractivity contribution is 0.0955. The lowest BCUT2D eigenvalue weighted by Crippen LogP contribution is -2.25. The number of allylic oxidation sites excluding steroid dienone is 1. The maximum atomic E-state index is 13.0. The number of ether oxygens (including phenoxy) is 1. The van der Waals surface area contributed by atoms with E-state index in [-0.39, 0.29) is 5.91 Å². The van der Waals surface area contributed by atoms with E-state index in [0.29, 0.717) is 12.1 Å². The number of rotatable bonds is 6. The van der Waals surface area contributed by atoms with E-state index in [1.54, 1.807) is 7.11 Å². The minimum atomic E-state index is -0.0591. The van der Waals surface area contributed by atoms with Gasteiger partial charge in [0.1, 0.15) is 5.75 Å². The number of pyridine rings is 1. The van der Waals surface area contributed by atoms with Crippen molar-refractivity contribution in [2.45, 2.75) is 32.1 Å². The Hall–Kier alpha value is -3.14. The molecule has 1 aliphatic rings. The molecule has 4 heteroatoms. The van der Waals surface area contributed by atoms with E-state index in [1.807, 2.05) is 54.6 Å². The van der Waals surface area contributed by atoms with E-state index < -0.39 is 0 Å². The first kappa shape index (κ1) is 19.2. The summed E-state index contributed by atoms with van der Waals surface area (Å²) in [5.41, 5.74) is 4.53. The monoisotopic (exact) mass is 386 g/mol. The predicted octanol–water partition coefficient (Wildman–Crippen LogP) is 5.53. The van der Waals surface area contributed by atoms with Crippen molar-refractivity contribution in [1.29, 1.82) is 0 Å². The second-order valence-electron chi connectivity index (χ2n) is 7.39. The third kappa shape index (κ3) is 4.32. The summed E-state index contributed by atoms with van der Waals surface area (Å²) in [6, 6.07) is 17.4. The summed E-state index contributed by atoms with van der Waals surface area (Å²) in [4.78, 5) is 17.8. The smallest absolute Gasteiger partial charge is 0.252 e. The standard InChI is InChI=1S/C25H26N2O2/c1-29-24-14-8-6-12-20(24)23-17-21(19-11-5-7-13-22(19)27-23)25(28)26-16-15-18-9-3-2-4-10-18/h5-9,11-14,17H,2-4,10,15-16H2,1H3,(H,26,28). The normalized spacial score (nSPS) is 13.8. The predicted molar refractivity (Wildman–Crippen MR) is 117 cm³/mol. The Morgan fingerprint density at radius 1 is 1.10 bits per heavy atom. The van der Waals surface area contributed by atoms with Crippen LogP contribution in [0.3, 0.4) is 0 Å². The highest BCUT2D eigenvalue weighted by Gasteiger charge is 2.15. The molecule has 0 fully saturated rings. The average Bonchev–Trinajstić information content (AvgIpc) is 2.79. The van der Waals surface area contributed by atoms with Gasteiger partial charge in [0, 0.05) is 17.5 Å². The maximum absolute atomic E-state index is 13.0. The lowest BCUT2D eigenvalue weighted by atomic mass is 9.97. The van der Waals surface area contributed by atoms with Gasteiger partial charge >= 0.3 is 0 Å². The number of para-hydroxylation sites is 2. The Labute approximate surface area is 171 Å². The first-order valence-electron chi connectivity index (χ1n) is 10.3. The average molecular weight is 386 g/mol. The molecule has 0 aliphatic heterocycles. The van der Waals surface area contributed by atoms with Crippen molar-refractivity contribution in [1.82, 2.24) is 10.3 Å². The van der Waals surface area contributed by atoms with E-state index in [9.17, 15) is 4.79 Å². The van der Waals surface area contributed by atoms with Crippen LogP contribution in [-0.2, 0) is 0 Å². The Kier molecular flexibility index (Phi) is 5.89. The maximum Gasteiger partial charge on any atom is 0.252 e. The highest BCUT2D eigenvalue weighted by atomic mass is 16.5. The van der Waals surface area contributed by atoms with Crippen molar-refractivity contribution >= 4 is 16.8 Å². The first-order valence-corrected chi connectivity index (χ1v) is 10.3. The Morgan fingerprint density at radius 3 is 2.76 bits per heavy atom. The molecule has 0 atom stereocenters. The molecule has 0 saturated carbocycles. The number of amides is 1. The van der Waals surface area contributed by atoms with Crippen molar-refractivity contribution in [2.24, 2.45) is 0 Å². The van der Waals surface area contributed by atoms with Crippen molar-refractivity contribution in [3.05, 3.63) is 71.8 Å². The molecule has 1 N–H and O–H groups in total. The number of hydrogen-bond donors (Lipinski definition) is 1. The molecule has 4 rings (SSSR count). The van der Waals surface area contributed by atoms with Gasteiger partial charge in [-0.2, -0.15) is 0 Å². The van der Waals surface area contributed by atoms with E-state index in [2.05, 4.69) is 11.4 Å². The zero-order valence-electron chi connectivity index (χ0n) is 16.8. The fourth-order valence-corrected chi connectivity index (χ4v) is 3.92. The Bertz CT molecular complexity index is 1060. The van der Waals surface area contributed by atoms with E-state index in [1.165, 1.54) is 24.8 Å². The van der Waals surface area contributed by atoms with Gasteiger partial charge in [-0.1, -0.05) is 42.0 Å². The van der Waals surface area contributed by atoms with Crippen LogP contribution in [0.4, 0.5) is 0 Å². The molecule has 1 aromatic heterocycles. The molecule has 1 amide bonds. The van der Waals surface area contributed by atoms with Crippen LogP contribution >= 0.6 is 0 Å². The number of nitrogens with zero attached hydrogens (tertiary/aromatic N) is 1. The van der Waals surface area contributed by atoms with Crippen LogP contribution in [0.5, 0.6) is 5.75 Å². The van der Waals surface area contributed by atoms with Gasteiger partial charge < -0.3 is 10.1 Å². The van der Waals surface area contributed by atoms with Gasteiger partial charge in [-0.25, -0.2) is 4.98 Å². The number of aromatic nitrogens is 1. The summed E-state index contributed by atoms with van der Waals surface area (Å²) >= 11 is 0. The molecular weight excluding hydrogens is 360 g/mol. The minimum absolute atomic E-state index is 0.0591. The molecule has 0 radical (unpaired) electrons. The number of benzene rings is 2. The van der Waals surface area contributed by atoms with Gasteiger partial charge in [-0.15, -0.1) is 0 Å². The van der Waals surface area contributed by atoms with Crippen molar-refractivity contribution in [2.75, 3.05) is 13.7 Å². The lowest BCUT2D eigenvalue weighted by Gasteiger charge is -2.14. The zero-order valence-corrected chi connectivity index (χ0v) is 16.8. The highest BCUT2D eigenvalue weighted by molar-refractivity contribution is 6.07. The molecule has 3 aromatic rings. The topological polar surface area (TPSA) is 51.2 Å². The summed E-state index contributed by atoms with van der Waals surface area (Å²) < 4.78 is 5.50. The first-order chi connectivity index (χ1) is 14.3. The zero-order chi connectivity index (χ0) is 20.1. The van der Waals surface area contributed by atoms with Crippen LogP contribution in [-0.4, -0.2) is 24.5 Å². The van der Waals surface area contributed by atoms with Gasteiger partial charge in [0.05, 0.1) is 23.9 Å². The fraction of sp³-hybridized carbons (Fsp3) is 0.280. The summed E-state index contributed by atoms with van der Waals surface area (Å²) in [5, 5.41) is 3.97. The van der Waals surface area contributed by atoms with Crippen molar-refractivity contribution < 1.29 is 9.53 Å². The second kappa shape index (κ2) is 8.91. The molecular formula is C25H26N2O2. The Morgan fingerprint density at radius 2 is 1.93 bits per heavy atom. The molecule has 0 bridgehead atoms. The number of carbonyl (C=O) groups excluding carboxylic acids is 1. The molecule has 1 heterocycles. The third-order valence-corrected chi connectivity index (χ3v) is 5.46. The number of methoxy groups -OCH3 is 1. The van der Waals surface area contributed by atoms with Gasteiger partial charge in [-0.3, -0.25) is 4.79 Å². The van der Waals surface area contributed by atoms with Gasteiger partial charge in [0.2, 0.25) is 0 Å². The van der Waals surface area contributed by atoms with Crippen LogP contribution in [0.2, 0.25) is 0 Å². The van der Waals surface area contributed by atoms with Crippen LogP contribution in [0, 0.1) is 0 Å². The summed E-state index contributed by atoms with van der Waals surface area (Å²) in [5.74, 6) is 0.682. The van der Waals surface area contributed by atoms with Crippen molar-refractivity contribution in [3.8, 4) is 17.0 Å². The Balaban J connectivity index is 1.63. The molecule has 0 spiro atoms. The van der Waals surface area contributed by atoms with Crippen LogP contribution in [0.15, 0.2) is 66.2 Å². The second-order valence-corrected chi connectivity index (χ2v) is 7.39. The molecule has 0 saturated heterocycles. The van der Waals surface area contributed by atoms with E-state index >= 15 is 0 Å². The summed E-state index contributed by atoms with van der Waals surface area (Å²) in [6.45, 7) is 0.658. The highest BCUT2D eigenvalue weighted by Crippen LogP contribution is 2.31. The van der Waals surface area contributed by atoms with Gasteiger partial charge in [0.25, 0.3) is 5.91 Å². The quantitative estimate of drug-likeness (QED) is 0.567. The van der Waals surface area contributed by atoms with Crippen LogP contribution in [0.25, 0.3) is 22.2 Å². The molecule has 29 heavy (non-hydrogen) atoms. The van der Waals surface area contributed by atoms with Gasteiger partial charge in [-0.05, 0) is 56.4 Å². The number of carbonyl (C=O) groups is 1. The van der Waals surface area contributed by atoms with Gasteiger partial charge in [0.15, 0.2) is 0 Å². The third-order valence-electron chi connectivity index (χ3n) is 5.46. The van der Waals surface area contributed by atoms with Crippen LogP contribution < -0.4 is 10.1 Å².